The summed E-state index contributed by atoms with van der Waals surface area (Å²) in [5.41, 5.74) is 1.52. The van der Waals surface area contributed by atoms with Gasteiger partial charge in [0, 0.05) is 23.7 Å². The Morgan fingerprint density at radius 1 is 1.18 bits per heavy atom. The first-order valence-corrected chi connectivity index (χ1v) is 13.2. The fourth-order valence-electron chi connectivity index (χ4n) is 3.62. The van der Waals surface area contributed by atoms with Crippen LogP contribution in [0.25, 0.3) is 10.6 Å². The van der Waals surface area contributed by atoms with Crippen molar-refractivity contribution in [3.05, 3.63) is 59.1 Å². The molecule has 0 bridgehead atoms. The number of piperidine rings is 1. The monoisotopic (exact) mass is 506 g/mol. The van der Waals surface area contributed by atoms with Gasteiger partial charge in [0.15, 0.2) is 0 Å². The van der Waals surface area contributed by atoms with E-state index in [1.165, 1.54) is 15.6 Å². The van der Waals surface area contributed by atoms with E-state index < -0.39 is 15.9 Å². The molecule has 4 rings (SSSR count). The van der Waals surface area contributed by atoms with E-state index in [1.54, 1.807) is 31.4 Å². The molecule has 2 aromatic carbocycles. The number of sulfonamides is 1. The average Bonchev–Trinajstić information content (AvgIpc) is 3.29. The van der Waals surface area contributed by atoms with Crippen LogP contribution in [0.3, 0.4) is 0 Å². The molecule has 1 atom stereocenters. The van der Waals surface area contributed by atoms with E-state index in [0.29, 0.717) is 40.1 Å². The molecule has 1 aliphatic heterocycles. The van der Waals surface area contributed by atoms with Gasteiger partial charge in [-0.25, -0.2) is 12.7 Å². The van der Waals surface area contributed by atoms with E-state index in [-0.39, 0.29) is 18.2 Å². The van der Waals surface area contributed by atoms with E-state index in [2.05, 4.69) is 15.5 Å². The number of nitrogens with one attached hydrogen (secondary N) is 1. The van der Waals surface area contributed by atoms with Crippen LogP contribution in [0.15, 0.2) is 48.5 Å². The highest BCUT2D eigenvalue weighted by molar-refractivity contribution is 7.88. The molecule has 1 unspecified atom stereocenters. The van der Waals surface area contributed by atoms with Crippen LogP contribution < -0.4 is 10.1 Å². The Kier molecular flexibility index (Phi) is 7.28. The van der Waals surface area contributed by atoms with E-state index in [0.717, 1.165) is 11.3 Å². The third-order valence-electron chi connectivity index (χ3n) is 5.40. The summed E-state index contributed by atoms with van der Waals surface area (Å²) < 4.78 is 32.4. The number of hydrogen-bond donors (Lipinski definition) is 1. The largest absolute Gasteiger partial charge is 0.497 e. The molecule has 0 saturated carbocycles. The molecule has 2 heterocycles. The standard InChI is InChI=1S/C22H23ClN4O4S2/c1-31-19-10-6-16(7-11-19)21-25-26-22(32-21)24-20(28)17-3-2-12-27(13-17)33(29,30)14-15-4-8-18(23)9-5-15/h4-11,17H,2-3,12-14H2,1H3,(H,24,26,28). The zero-order chi connectivity index (χ0) is 23.4. The van der Waals surface area contributed by atoms with E-state index >= 15 is 0 Å². The minimum Gasteiger partial charge on any atom is -0.497 e. The topological polar surface area (TPSA) is 101 Å². The van der Waals surface area contributed by atoms with E-state index in [1.807, 2.05) is 24.3 Å². The van der Waals surface area contributed by atoms with Gasteiger partial charge < -0.3 is 10.1 Å². The van der Waals surface area contributed by atoms with Gasteiger partial charge in [-0.3, -0.25) is 4.79 Å². The zero-order valence-electron chi connectivity index (χ0n) is 17.9. The van der Waals surface area contributed by atoms with Gasteiger partial charge in [-0.1, -0.05) is 35.1 Å². The maximum Gasteiger partial charge on any atom is 0.230 e. The van der Waals surface area contributed by atoms with Gasteiger partial charge in [-0.05, 0) is 54.8 Å². The number of methoxy groups -OCH3 is 1. The Bertz CT molecular complexity index is 1210. The molecule has 1 aromatic heterocycles. The van der Waals surface area contributed by atoms with E-state index in [9.17, 15) is 13.2 Å². The lowest BCUT2D eigenvalue weighted by molar-refractivity contribution is -0.120. The Labute approximate surface area is 201 Å². The Hall–Kier alpha value is -2.53. The number of anilines is 1. The molecule has 1 amide bonds. The summed E-state index contributed by atoms with van der Waals surface area (Å²) in [5, 5.41) is 12.6. The van der Waals surface area contributed by atoms with Crippen LogP contribution >= 0.6 is 22.9 Å². The van der Waals surface area contributed by atoms with Crippen molar-refractivity contribution in [2.45, 2.75) is 18.6 Å². The first kappa shape index (κ1) is 23.6. The lowest BCUT2D eigenvalue weighted by Crippen LogP contribution is -2.44. The molecule has 174 valence electrons. The normalized spacial score (nSPS) is 17.0. The van der Waals surface area contributed by atoms with Crippen LogP contribution in [0.4, 0.5) is 5.13 Å². The van der Waals surface area contributed by atoms with Gasteiger partial charge in [-0.15, -0.1) is 10.2 Å². The van der Waals surface area contributed by atoms with Gasteiger partial charge in [0.05, 0.1) is 18.8 Å². The van der Waals surface area contributed by atoms with Gasteiger partial charge in [0.25, 0.3) is 0 Å². The van der Waals surface area contributed by atoms with Gasteiger partial charge in [0.1, 0.15) is 10.8 Å². The fourth-order valence-corrected chi connectivity index (χ4v) is 6.11. The SMILES string of the molecule is COc1ccc(-c2nnc(NC(=O)C3CCCN(S(=O)(=O)Cc4ccc(Cl)cc4)C3)s2)cc1. The number of hydrogen-bond acceptors (Lipinski definition) is 7. The van der Waals surface area contributed by atoms with Crippen molar-refractivity contribution in [2.75, 3.05) is 25.5 Å². The first-order chi connectivity index (χ1) is 15.8. The number of benzene rings is 2. The number of rotatable bonds is 7. The van der Waals surface area contributed by atoms with Crippen LogP contribution in [0.5, 0.6) is 5.75 Å². The maximum atomic E-state index is 12.9. The number of carbonyl (C=O) groups is 1. The second kappa shape index (κ2) is 10.2. The molecule has 0 radical (unpaired) electrons. The average molecular weight is 507 g/mol. The summed E-state index contributed by atoms with van der Waals surface area (Å²) in [6.45, 7) is 0.548. The lowest BCUT2D eigenvalue weighted by atomic mass is 9.99. The van der Waals surface area contributed by atoms with Crippen LogP contribution in [-0.2, 0) is 20.6 Å². The Morgan fingerprint density at radius 3 is 2.61 bits per heavy atom. The minimum absolute atomic E-state index is 0.125. The van der Waals surface area contributed by atoms with Crippen molar-refractivity contribution in [2.24, 2.45) is 5.92 Å². The predicted octanol–water partition coefficient (Wildman–Crippen LogP) is 4.05. The van der Waals surface area contributed by atoms with Crippen molar-refractivity contribution in [3.8, 4) is 16.3 Å². The molecule has 0 aliphatic carbocycles. The van der Waals surface area contributed by atoms with Crippen LogP contribution in [0.2, 0.25) is 5.02 Å². The van der Waals surface area contributed by atoms with Crippen LogP contribution in [-0.4, -0.2) is 49.0 Å². The quantitative estimate of drug-likeness (QED) is 0.518. The summed E-state index contributed by atoms with van der Waals surface area (Å²) in [7, 11) is -1.95. The smallest absolute Gasteiger partial charge is 0.230 e. The number of aromatic nitrogens is 2. The first-order valence-electron chi connectivity index (χ1n) is 10.3. The lowest BCUT2D eigenvalue weighted by Gasteiger charge is -2.31. The van der Waals surface area contributed by atoms with Gasteiger partial charge >= 0.3 is 0 Å². The second-order valence-corrected chi connectivity index (χ2v) is 11.1. The van der Waals surface area contributed by atoms with Crippen molar-refractivity contribution < 1.29 is 17.9 Å². The van der Waals surface area contributed by atoms with Crippen molar-refractivity contribution >= 4 is 44.0 Å². The molecular weight excluding hydrogens is 484 g/mol. The van der Waals surface area contributed by atoms with E-state index in [4.69, 9.17) is 16.3 Å². The molecule has 33 heavy (non-hydrogen) atoms. The number of carbonyl (C=O) groups excluding carboxylic acids is 1. The van der Waals surface area contributed by atoms with Gasteiger partial charge in [-0.2, -0.15) is 0 Å². The number of halogens is 1. The molecule has 1 N–H and O–H groups in total. The Morgan fingerprint density at radius 2 is 1.91 bits per heavy atom. The predicted molar refractivity (Wildman–Crippen MR) is 129 cm³/mol. The van der Waals surface area contributed by atoms with Crippen molar-refractivity contribution in [1.29, 1.82) is 0 Å². The third kappa shape index (κ3) is 5.89. The fraction of sp³-hybridized carbons (Fsp3) is 0.318. The molecule has 0 spiro atoms. The molecule has 1 saturated heterocycles. The summed E-state index contributed by atoms with van der Waals surface area (Å²) in [5.74, 6) is -0.0873. The van der Waals surface area contributed by atoms with Gasteiger partial charge in [0.2, 0.25) is 21.1 Å². The maximum absolute atomic E-state index is 12.9. The molecule has 1 fully saturated rings. The molecule has 1 aliphatic rings. The molecule has 3 aromatic rings. The highest BCUT2D eigenvalue weighted by Gasteiger charge is 2.32. The van der Waals surface area contributed by atoms with Crippen LogP contribution in [0.1, 0.15) is 18.4 Å². The summed E-state index contributed by atoms with van der Waals surface area (Å²) in [6.07, 6.45) is 1.23. The highest BCUT2D eigenvalue weighted by atomic mass is 35.5. The summed E-state index contributed by atoms with van der Waals surface area (Å²) in [6, 6.07) is 14.1. The zero-order valence-corrected chi connectivity index (χ0v) is 20.3. The van der Waals surface area contributed by atoms with Crippen LogP contribution in [0, 0.1) is 5.92 Å². The third-order valence-corrected chi connectivity index (χ3v) is 8.36. The molecule has 8 nitrogen and oxygen atoms in total. The highest BCUT2D eigenvalue weighted by Crippen LogP contribution is 2.29. The molecular formula is C22H23ClN4O4S2. The summed E-state index contributed by atoms with van der Waals surface area (Å²) >= 11 is 7.15. The minimum atomic E-state index is -3.55. The van der Waals surface area contributed by atoms with Crippen molar-refractivity contribution in [3.63, 3.8) is 0 Å². The second-order valence-electron chi connectivity index (χ2n) is 7.71. The number of nitrogens with zero attached hydrogens (tertiary/aromatic N) is 3. The number of amides is 1. The summed E-state index contributed by atoms with van der Waals surface area (Å²) in [4.78, 5) is 12.8. The molecule has 11 heteroatoms. The Balaban J connectivity index is 1.38. The number of ether oxygens (including phenoxy) is 1. The van der Waals surface area contributed by atoms with Crippen molar-refractivity contribution in [1.82, 2.24) is 14.5 Å².